The van der Waals surface area contributed by atoms with Crippen molar-refractivity contribution in [3.63, 3.8) is 0 Å². The third kappa shape index (κ3) is 2.88. The lowest BCUT2D eigenvalue weighted by Gasteiger charge is -2.36. The number of aliphatic hydroxyl groups is 1. The largest absolute Gasteiger partial charge is 0.394 e. The summed E-state index contributed by atoms with van der Waals surface area (Å²) in [7, 11) is 0. The number of anilines is 1. The molecule has 0 amide bonds. The van der Waals surface area contributed by atoms with Crippen LogP contribution in [0, 0.1) is 0 Å². The normalized spacial score (nSPS) is 21.5. The van der Waals surface area contributed by atoms with E-state index in [0.29, 0.717) is 18.2 Å². The van der Waals surface area contributed by atoms with Crippen LogP contribution in [0.1, 0.15) is 6.92 Å². The summed E-state index contributed by atoms with van der Waals surface area (Å²) < 4.78 is 7.39. The van der Waals surface area contributed by atoms with Gasteiger partial charge in [0.25, 0.3) is 0 Å². The first-order valence-corrected chi connectivity index (χ1v) is 8.95. The molecule has 3 aromatic rings. The summed E-state index contributed by atoms with van der Waals surface area (Å²) in [5.41, 5.74) is 1.89. The van der Waals surface area contributed by atoms with Crippen LogP contribution >= 0.6 is 22.9 Å². The summed E-state index contributed by atoms with van der Waals surface area (Å²) in [5.74, 6) is 0. The van der Waals surface area contributed by atoms with E-state index in [1.807, 2.05) is 30.5 Å². The van der Waals surface area contributed by atoms with Crippen molar-refractivity contribution in [3.05, 3.63) is 35.5 Å². The van der Waals surface area contributed by atoms with Crippen molar-refractivity contribution < 1.29 is 9.84 Å². The van der Waals surface area contributed by atoms with Crippen LogP contribution in [-0.2, 0) is 4.74 Å². The molecule has 2 atom stereocenters. The molecule has 4 rings (SSSR count). The van der Waals surface area contributed by atoms with Gasteiger partial charge in [0.15, 0.2) is 0 Å². The van der Waals surface area contributed by atoms with Gasteiger partial charge in [-0.2, -0.15) is 0 Å². The molecule has 1 aromatic carbocycles. The molecule has 0 bridgehead atoms. The molecule has 2 unspecified atom stereocenters. The molecule has 1 N–H and O–H groups in total. The Balaban J connectivity index is 1.62. The van der Waals surface area contributed by atoms with E-state index in [0.717, 1.165) is 21.3 Å². The fraction of sp³-hybridized carbons (Fsp3) is 0.375. The first-order valence-electron chi connectivity index (χ1n) is 7.75. The van der Waals surface area contributed by atoms with E-state index in [-0.39, 0.29) is 18.8 Å². The van der Waals surface area contributed by atoms with E-state index in [1.54, 1.807) is 15.9 Å². The molecule has 3 heterocycles. The maximum atomic E-state index is 9.33. The number of morpholine rings is 1. The summed E-state index contributed by atoms with van der Waals surface area (Å²) in [5, 5.41) is 15.6. The molecule has 24 heavy (non-hydrogen) atoms. The first kappa shape index (κ1) is 15.8. The van der Waals surface area contributed by atoms with Gasteiger partial charge in [0.05, 0.1) is 37.3 Å². The van der Waals surface area contributed by atoms with Crippen LogP contribution in [0.3, 0.4) is 0 Å². The van der Waals surface area contributed by atoms with Gasteiger partial charge in [-0.25, -0.2) is 9.50 Å². The van der Waals surface area contributed by atoms with Crippen LogP contribution in [0.4, 0.5) is 5.13 Å². The molecular weight excluding hydrogens is 348 g/mol. The quantitative estimate of drug-likeness (QED) is 0.774. The number of halogens is 1. The van der Waals surface area contributed by atoms with Crippen molar-refractivity contribution >= 4 is 33.0 Å². The monoisotopic (exact) mass is 364 g/mol. The van der Waals surface area contributed by atoms with E-state index in [2.05, 4.69) is 21.9 Å². The van der Waals surface area contributed by atoms with Crippen LogP contribution in [0.5, 0.6) is 0 Å². The zero-order valence-electron chi connectivity index (χ0n) is 13.1. The van der Waals surface area contributed by atoms with Gasteiger partial charge in [-0.1, -0.05) is 35.1 Å². The minimum absolute atomic E-state index is 0.0203. The van der Waals surface area contributed by atoms with Gasteiger partial charge in [-0.05, 0) is 19.1 Å². The maximum absolute atomic E-state index is 9.33. The molecule has 1 aliphatic heterocycles. The van der Waals surface area contributed by atoms with Crippen LogP contribution < -0.4 is 4.90 Å². The molecule has 0 saturated carbocycles. The SMILES string of the molecule is CC1COC(CO)CN1c1nn2cc(-c3ccc(Cl)cc3)nc2s1. The second kappa shape index (κ2) is 6.33. The average Bonchev–Trinajstić information content (AvgIpc) is 3.15. The zero-order valence-corrected chi connectivity index (χ0v) is 14.7. The standard InChI is InChI=1S/C16H17ClN4O2S/c1-10-9-23-13(8-22)6-20(10)16-19-21-7-14(18-15(21)24-16)11-2-4-12(17)5-3-11/h2-5,7,10,13,22H,6,8-9H2,1H3. The van der Waals surface area contributed by atoms with Crippen molar-refractivity contribution in [1.29, 1.82) is 0 Å². The van der Waals surface area contributed by atoms with E-state index in [1.165, 1.54) is 0 Å². The third-order valence-corrected chi connectivity index (χ3v) is 5.34. The Bertz CT molecular complexity index is 816. The Hall–Kier alpha value is -1.67. The molecule has 1 aliphatic rings. The van der Waals surface area contributed by atoms with Crippen molar-refractivity contribution in [2.75, 3.05) is 24.7 Å². The van der Waals surface area contributed by atoms with Crippen LogP contribution in [0.25, 0.3) is 16.2 Å². The number of aliphatic hydroxyl groups excluding tert-OH is 1. The van der Waals surface area contributed by atoms with Gasteiger partial charge in [0.1, 0.15) is 0 Å². The number of rotatable bonds is 3. The smallest absolute Gasteiger partial charge is 0.214 e. The summed E-state index contributed by atoms with van der Waals surface area (Å²) in [6.45, 7) is 3.34. The van der Waals surface area contributed by atoms with Crippen molar-refractivity contribution in [2.24, 2.45) is 0 Å². The van der Waals surface area contributed by atoms with Gasteiger partial charge < -0.3 is 14.7 Å². The third-order valence-electron chi connectivity index (χ3n) is 4.13. The van der Waals surface area contributed by atoms with Gasteiger partial charge in [0, 0.05) is 17.1 Å². The highest BCUT2D eigenvalue weighted by molar-refractivity contribution is 7.20. The number of aromatic nitrogens is 3. The molecule has 6 nitrogen and oxygen atoms in total. The predicted octanol–water partition coefficient (Wildman–Crippen LogP) is 2.70. The Labute approximate surface area is 148 Å². The predicted molar refractivity (Wildman–Crippen MR) is 94.9 cm³/mol. The molecule has 0 aliphatic carbocycles. The first-order chi connectivity index (χ1) is 11.6. The molecule has 0 radical (unpaired) electrons. The second-order valence-corrected chi connectivity index (χ2v) is 7.25. The van der Waals surface area contributed by atoms with Crippen molar-refractivity contribution in [1.82, 2.24) is 14.6 Å². The van der Waals surface area contributed by atoms with E-state index < -0.39 is 0 Å². The Morgan fingerprint density at radius 2 is 2.17 bits per heavy atom. The van der Waals surface area contributed by atoms with Crippen LogP contribution in [0.15, 0.2) is 30.5 Å². The zero-order chi connectivity index (χ0) is 16.7. The number of ether oxygens (including phenoxy) is 1. The Kier molecular flexibility index (Phi) is 4.17. The Morgan fingerprint density at radius 3 is 2.88 bits per heavy atom. The molecule has 8 heteroatoms. The lowest BCUT2D eigenvalue weighted by Crippen LogP contribution is -2.49. The number of imidazole rings is 1. The average molecular weight is 365 g/mol. The summed E-state index contributed by atoms with van der Waals surface area (Å²) in [6, 6.07) is 7.83. The number of benzene rings is 1. The fourth-order valence-electron chi connectivity index (χ4n) is 2.76. The van der Waals surface area contributed by atoms with Crippen LogP contribution in [-0.4, -0.2) is 51.6 Å². The molecule has 1 saturated heterocycles. The number of hydrogen-bond donors (Lipinski definition) is 1. The number of fused-ring (bicyclic) bond motifs is 1. The number of nitrogens with zero attached hydrogens (tertiary/aromatic N) is 4. The minimum atomic E-state index is -0.165. The molecule has 126 valence electrons. The second-order valence-electron chi connectivity index (χ2n) is 5.88. The summed E-state index contributed by atoms with van der Waals surface area (Å²) in [6.07, 6.45) is 1.76. The highest BCUT2D eigenvalue weighted by Gasteiger charge is 2.28. The van der Waals surface area contributed by atoms with Gasteiger partial charge in [-0.3, -0.25) is 0 Å². The summed E-state index contributed by atoms with van der Waals surface area (Å²) in [4.78, 5) is 7.68. The minimum Gasteiger partial charge on any atom is -0.394 e. The lowest BCUT2D eigenvalue weighted by atomic mass is 10.2. The number of hydrogen-bond acceptors (Lipinski definition) is 6. The van der Waals surface area contributed by atoms with Gasteiger partial charge in [0.2, 0.25) is 10.1 Å². The highest BCUT2D eigenvalue weighted by Crippen LogP contribution is 2.29. The van der Waals surface area contributed by atoms with E-state index in [4.69, 9.17) is 16.3 Å². The molecular formula is C16H17ClN4O2S. The fourth-order valence-corrected chi connectivity index (χ4v) is 3.88. The molecule has 1 fully saturated rings. The van der Waals surface area contributed by atoms with Gasteiger partial charge in [-0.15, -0.1) is 5.10 Å². The summed E-state index contributed by atoms with van der Waals surface area (Å²) >= 11 is 7.47. The maximum Gasteiger partial charge on any atom is 0.214 e. The van der Waals surface area contributed by atoms with Crippen LogP contribution in [0.2, 0.25) is 5.02 Å². The molecule has 2 aromatic heterocycles. The molecule has 0 spiro atoms. The van der Waals surface area contributed by atoms with Gasteiger partial charge >= 0.3 is 0 Å². The van der Waals surface area contributed by atoms with Crippen molar-refractivity contribution in [2.45, 2.75) is 19.1 Å². The highest BCUT2D eigenvalue weighted by atomic mass is 35.5. The van der Waals surface area contributed by atoms with E-state index in [9.17, 15) is 5.11 Å². The van der Waals surface area contributed by atoms with Crippen molar-refractivity contribution in [3.8, 4) is 11.3 Å². The van der Waals surface area contributed by atoms with E-state index >= 15 is 0 Å². The lowest BCUT2D eigenvalue weighted by molar-refractivity contribution is -0.0103. The topological polar surface area (TPSA) is 62.9 Å². The Morgan fingerprint density at radius 1 is 1.38 bits per heavy atom.